The summed E-state index contributed by atoms with van der Waals surface area (Å²) in [6.45, 7) is 2.21. The van der Waals surface area contributed by atoms with Crippen LogP contribution in [0.15, 0.2) is 76.5 Å². The molecule has 1 aliphatic rings. The van der Waals surface area contributed by atoms with Crippen molar-refractivity contribution >= 4 is 46.7 Å². The van der Waals surface area contributed by atoms with Gasteiger partial charge in [0.25, 0.3) is 11.8 Å². The molecule has 2 amide bonds. The smallest absolute Gasteiger partial charge is 0.274 e. The highest BCUT2D eigenvalue weighted by atomic mass is 32.2. The van der Waals surface area contributed by atoms with E-state index in [4.69, 9.17) is 9.47 Å². The lowest BCUT2D eigenvalue weighted by Crippen LogP contribution is -2.19. The Labute approximate surface area is 207 Å². The maximum atomic E-state index is 12.9. The van der Waals surface area contributed by atoms with Gasteiger partial charge in [-0.2, -0.15) is 0 Å². The van der Waals surface area contributed by atoms with Gasteiger partial charge in [-0.3, -0.25) is 9.59 Å². The monoisotopic (exact) mass is 495 g/mol. The molecule has 0 spiro atoms. The first kappa shape index (κ1) is 24.3. The molecule has 9 heteroatoms. The number of amides is 2. The molecule has 7 nitrogen and oxygen atoms in total. The number of hydrogen-bond donors (Lipinski definition) is 2. The Morgan fingerprint density at radius 1 is 0.618 bits per heavy atom. The van der Waals surface area contributed by atoms with E-state index in [-0.39, 0.29) is 23.2 Å². The maximum Gasteiger partial charge on any atom is 0.274 e. The van der Waals surface area contributed by atoms with Crippen LogP contribution in [-0.2, 0) is 9.47 Å². The number of rotatable bonds is 0. The fraction of sp³-hybridized carbons (Fsp3) is 0.240. The molecule has 2 bridgehead atoms. The number of carbonyl (C=O) groups excluding carboxylic acids is 2. The van der Waals surface area contributed by atoms with Crippen LogP contribution < -0.4 is 10.6 Å². The summed E-state index contributed by atoms with van der Waals surface area (Å²) < 4.78 is 11.3. The molecular weight excluding hydrogens is 470 g/mol. The highest BCUT2D eigenvalue weighted by Gasteiger charge is 2.15. The van der Waals surface area contributed by atoms with Gasteiger partial charge in [0.15, 0.2) is 0 Å². The molecule has 34 heavy (non-hydrogen) atoms. The second-order valence-electron chi connectivity index (χ2n) is 7.23. The number of thioether (sulfide) groups is 2. The van der Waals surface area contributed by atoms with Crippen LogP contribution in [0, 0.1) is 0 Å². The largest absolute Gasteiger partial charge is 0.378 e. The average Bonchev–Trinajstić information content (AvgIpc) is 2.86. The Balaban J connectivity index is 1.56. The van der Waals surface area contributed by atoms with Gasteiger partial charge in [-0.1, -0.05) is 30.3 Å². The predicted octanol–water partition coefficient (Wildman–Crippen LogP) is 4.82. The normalized spacial score (nSPS) is 16.2. The number of benzene rings is 2. The first-order valence-corrected chi connectivity index (χ1v) is 12.9. The minimum atomic E-state index is -0.377. The van der Waals surface area contributed by atoms with Gasteiger partial charge in [0.05, 0.1) is 37.8 Å². The summed E-state index contributed by atoms with van der Waals surface area (Å²) in [7, 11) is 0. The van der Waals surface area contributed by atoms with E-state index in [1.807, 2.05) is 48.5 Å². The van der Waals surface area contributed by atoms with E-state index in [0.29, 0.717) is 37.8 Å². The van der Waals surface area contributed by atoms with Crippen LogP contribution in [-0.4, -0.2) is 54.7 Å². The van der Waals surface area contributed by atoms with Crippen molar-refractivity contribution in [3.05, 3.63) is 78.1 Å². The summed E-state index contributed by atoms with van der Waals surface area (Å²) in [5.41, 5.74) is 1.71. The molecule has 4 rings (SSSR count). The van der Waals surface area contributed by atoms with Gasteiger partial charge in [-0.15, -0.1) is 23.5 Å². The molecule has 0 fully saturated rings. The summed E-state index contributed by atoms with van der Waals surface area (Å²) in [4.78, 5) is 32.0. The van der Waals surface area contributed by atoms with Gasteiger partial charge in [-0.05, 0) is 36.4 Å². The molecule has 0 aliphatic carbocycles. The van der Waals surface area contributed by atoms with Crippen LogP contribution in [0.3, 0.4) is 0 Å². The molecule has 0 saturated heterocycles. The highest BCUT2D eigenvalue weighted by molar-refractivity contribution is 7.99. The van der Waals surface area contributed by atoms with Gasteiger partial charge >= 0.3 is 0 Å². The zero-order chi connectivity index (χ0) is 23.6. The SMILES string of the molecule is O=C1Nc2ccccc2SCCOCCOCCSc2ccccc2NC(=O)c2cccc1n2. The van der Waals surface area contributed by atoms with Crippen molar-refractivity contribution in [1.29, 1.82) is 0 Å². The molecule has 2 heterocycles. The number of ether oxygens (including phenoxy) is 2. The Morgan fingerprint density at radius 3 is 1.59 bits per heavy atom. The number of aromatic nitrogens is 1. The zero-order valence-electron chi connectivity index (χ0n) is 18.5. The van der Waals surface area contributed by atoms with E-state index in [1.165, 1.54) is 0 Å². The molecule has 0 radical (unpaired) electrons. The Morgan fingerprint density at radius 2 is 1.09 bits per heavy atom. The van der Waals surface area contributed by atoms with Crippen LogP contribution in [0.4, 0.5) is 11.4 Å². The zero-order valence-corrected chi connectivity index (χ0v) is 20.1. The van der Waals surface area contributed by atoms with Crippen LogP contribution in [0.2, 0.25) is 0 Å². The standard InChI is InChI=1S/C25H25N3O4S2/c29-24-20-8-5-9-21(26-20)25(30)28-19-7-2-4-11-23(19)34-17-15-32-13-12-31-14-16-33-22-10-3-1-6-18(22)27-24/h1-11H,12-17H2,(H,27,29)(H,28,30). The van der Waals surface area contributed by atoms with Crippen molar-refractivity contribution in [1.82, 2.24) is 4.98 Å². The molecular formula is C25H25N3O4S2. The van der Waals surface area contributed by atoms with E-state index in [2.05, 4.69) is 15.6 Å². The topological polar surface area (TPSA) is 89.5 Å². The first-order valence-electron chi connectivity index (χ1n) is 10.9. The third-order valence-corrected chi connectivity index (χ3v) is 6.90. The number of para-hydroxylation sites is 2. The fourth-order valence-electron chi connectivity index (χ4n) is 3.19. The highest BCUT2D eigenvalue weighted by Crippen LogP contribution is 2.28. The molecule has 2 aromatic carbocycles. The Bertz CT molecular complexity index is 1060. The van der Waals surface area contributed by atoms with Crippen molar-refractivity contribution in [2.24, 2.45) is 0 Å². The summed E-state index contributed by atoms with van der Waals surface area (Å²) in [5.74, 6) is 0.733. The number of nitrogens with zero attached hydrogens (tertiary/aromatic N) is 1. The predicted molar refractivity (Wildman–Crippen MR) is 136 cm³/mol. The van der Waals surface area contributed by atoms with Crippen molar-refractivity contribution in [3.63, 3.8) is 0 Å². The van der Waals surface area contributed by atoms with E-state index in [9.17, 15) is 9.59 Å². The van der Waals surface area contributed by atoms with Crippen LogP contribution >= 0.6 is 23.5 Å². The van der Waals surface area contributed by atoms with E-state index < -0.39 is 0 Å². The van der Waals surface area contributed by atoms with Crippen molar-refractivity contribution in [3.8, 4) is 0 Å². The lowest BCUT2D eigenvalue weighted by molar-refractivity contribution is 0.0605. The molecule has 0 saturated carbocycles. The quantitative estimate of drug-likeness (QED) is 0.462. The average molecular weight is 496 g/mol. The van der Waals surface area contributed by atoms with Gasteiger partial charge < -0.3 is 20.1 Å². The van der Waals surface area contributed by atoms with Gasteiger partial charge in [-0.25, -0.2) is 4.98 Å². The lowest BCUT2D eigenvalue weighted by atomic mass is 10.2. The molecule has 3 aromatic rings. The molecule has 0 unspecified atom stereocenters. The molecule has 0 atom stereocenters. The summed E-state index contributed by atoms with van der Waals surface area (Å²) in [6.07, 6.45) is 0. The molecule has 2 N–H and O–H groups in total. The van der Waals surface area contributed by atoms with Gasteiger partial charge in [0, 0.05) is 21.3 Å². The molecule has 1 aliphatic heterocycles. The van der Waals surface area contributed by atoms with Crippen LogP contribution in [0.1, 0.15) is 21.0 Å². The lowest BCUT2D eigenvalue weighted by Gasteiger charge is -2.12. The second-order valence-corrected chi connectivity index (χ2v) is 9.50. The second kappa shape index (κ2) is 12.6. The third-order valence-electron chi connectivity index (χ3n) is 4.83. The number of anilines is 2. The summed E-state index contributed by atoms with van der Waals surface area (Å²) in [5, 5.41) is 5.82. The number of hydrogen-bond acceptors (Lipinski definition) is 7. The summed E-state index contributed by atoms with van der Waals surface area (Å²) >= 11 is 3.20. The van der Waals surface area contributed by atoms with Crippen molar-refractivity contribution in [2.45, 2.75) is 9.79 Å². The minimum absolute atomic E-state index is 0.168. The number of nitrogens with one attached hydrogen (secondary N) is 2. The summed E-state index contributed by atoms with van der Waals surface area (Å²) in [6, 6.07) is 20.0. The number of pyridine rings is 1. The minimum Gasteiger partial charge on any atom is -0.378 e. The van der Waals surface area contributed by atoms with Gasteiger partial charge in [0.2, 0.25) is 0 Å². The van der Waals surface area contributed by atoms with E-state index >= 15 is 0 Å². The first-order chi connectivity index (χ1) is 16.7. The molecule has 1 aromatic heterocycles. The molecule has 176 valence electrons. The third kappa shape index (κ3) is 6.83. The van der Waals surface area contributed by atoms with E-state index in [0.717, 1.165) is 21.3 Å². The number of carbonyl (C=O) groups is 2. The van der Waals surface area contributed by atoms with Crippen molar-refractivity contribution < 1.29 is 19.1 Å². The maximum absolute atomic E-state index is 12.9. The van der Waals surface area contributed by atoms with Crippen LogP contribution in [0.5, 0.6) is 0 Å². The van der Waals surface area contributed by atoms with Gasteiger partial charge in [0.1, 0.15) is 11.4 Å². The number of fused-ring (bicyclic) bond motifs is 4. The Hall–Kier alpha value is -2.85. The van der Waals surface area contributed by atoms with Crippen molar-refractivity contribution in [2.75, 3.05) is 48.6 Å². The fourth-order valence-corrected chi connectivity index (χ4v) is 4.94. The van der Waals surface area contributed by atoms with E-state index in [1.54, 1.807) is 41.7 Å². The Kier molecular flexibility index (Phi) is 8.97. The van der Waals surface area contributed by atoms with Crippen LogP contribution in [0.25, 0.3) is 0 Å².